The van der Waals surface area contributed by atoms with Crippen molar-refractivity contribution in [3.05, 3.63) is 102 Å². The maximum absolute atomic E-state index is 13.0. The topological polar surface area (TPSA) is 66.9 Å². The first kappa shape index (κ1) is 21.8. The van der Waals surface area contributed by atoms with Crippen LogP contribution >= 0.6 is 0 Å². The van der Waals surface area contributed by atoms with Gasteiger partial charge in [0, 0.05) is 19.2 Å². The zero-order chi connectivity index (χ0) is 22.1. The second-order valence-electron chi connectivity index (χ2n) is 7.06. The van der Waals surface area contributed by atoms with Crippen molar-refractivity contribution >= 4 is 17.8 Å². The van der Waals surface area contributed by atoms with Crippen molar-refractivity contribution in [3.8, 4) is 5.75 Å². The van der Waals surface area contributed by atoms with E-state index in [0.717, 1.165) is 5.56 Å². The van der Waals surface area contributed by atoms with Gasteiger partial charge in [0.05, 0.1) is 6.54 Å². The van der Waals surface area contributed by atoms with Gasteiger partial charge in [0.2, 0.25) is 5.91 Å². The smallest absolute Gasteiger partial charge is 0.410 e. The second-order valence-corrected chi connectivity index (χ2v) is 7.06. The molecule has 0 heterocycles. The highest BCUT2D eigenvalue weighted by atomic mass is 16.6. The fraction of sp³-hybridized carbons (Fsp3) is 0.160. The zero-order valence-electron chi connectivity index (χ0n) is 17.3. The molecular weight excluding hydrogens is 392 g/mol. The molecule has 3 rings (SSSR count). The van der Waals surface area contributed by atoms with Gasteiger partial charge in [-0.05, 0) is 17.7 Å². The molecule has 2 amide bonds. The van der Waals surface area contributed by atoms with Crippen LogP contribution in [0.25, 0.3) is 0 Å². The van der Waals surface area contributed by atoms with Gasteiger partial charge in [-0.2, -0.15) is 0 Å². The Bertz CT molecular complexity index is 1010. The predicted molar refractivity (Wildman–Crippen MR) is 118 cm³/mol. The fourth-order valence-electron chi connectivity index (χ4n) is 2.96. The third-order valence-corrected chi connectivity index (χ3v) is 4.63. The quantitative estimate of drug-likeness (QED) is 0.520. The number of amides is 2. The minimum Gasteiger partial charge on any atom is -0.410 e. The van der Waals surface area contributed by atoms with Crippen LogP contribution in [-0.4, -0.2) is 47.7 Å². The highest BCUT2D eigenvalue weighted by Gasteiger charge is 2.22. The van der Waals surface area contributed by atoms with Gasteiger partial charge in [-0.3, -0.25) is 9.59 Å². The molecule has 0 unspecified atom stereocenters. The summed E-state index contributed by atoms with van der Waals surface area (Å²) in [4.78, 5) is 40.7. The number of carbonyl (C=O) groups excluding carboxylic acids is 3. The number of carbonyl (C=O) groups is 3. The van der Waals surface area contributed by atoms with Gasteiger partial charge >= 0.3 is 6.09 Å². The van der Waals surface area contributed by atoms with Crippen LogP contribution in [-0.2, 0) is 11.3 Å². The van der Waals surface area contributed by atoms with E-state index in [0.29, 0.717) is 11.3 Å². The Morgan fingerprint density at radius 3 is 1.90 bits per heavy atom. The lowest BCUT2D eigenvalue weighted by molar-refractivity contribution is -0.131. The Balaban J connectivity index is 1.68. The number of ether oxygens (including phenoxy) is 1. The van der Waals surface area contributed by atoms with Crippen LogP contribution in [0.15, 0.2) is 91.0 Å². The summed E-state index contributed by atoms with van der Waals surface area (Å²) in [7, 11) is 1.49. The molecule has 3 aromatic rings. The van der Waals surface area contributed by atoms with E-state index in [9.17, 15) is 14.4 Å². The molecule has 0 aliphatic carbocycles. The van der Waals surface area contributed by atoms with Gasteiger partial charge in [-0.15, -0.1) is 0 Å². The molecule has 0 N–H and O–H groups in total. The van der Waals surface area contributed by atoms with Crippen LogP contribution in [0, 0.1) is 0 Å². The Morgan fingerprint density at radius 2 is 1.29 bits per heavy atom. The van der Waals surface area contributed by atoms with Crippen molar-refractivity contribution in [1.29, 1.82) is 0 Å². The van der Waals surface area contributed by atoms with Crippen LogP contribution in [0.1, 0.15) is 15.9 Å². The summed E-state index contributed by atoms with van der Waals surface area (Å²) in [6, 6.07) is 26.9. The number of likely N-dealkylation sites (N-methyl/N-ethyl adjacent to an activating group) is 1. The summed E-state index contributed by atoms with van der Waals surface area (Å²) in [5.41, 5.74) is 1.43. The number of rotatable bonds is 8. The molecule has 0 saturated carbocycles. The number of nitrogens with zero attached hydrogens (tertiary/aromatic N) is 2. The summed E-state index contributed by atoms with van der Waals surface area (Å²) in [5.74, 6) is -0.118. The van der Waals surface area contributed by atoms with Gasteiger partial charge in [-0.25, -0.2) is 4.79 Å². The molecule has 0 aliphatic heterocycles. The van der Waals surface area contributed by atoms with E-state index < -0.39 is 6.09 Å². The molecule has 0 atom stereocenters. The molecule has 0 fully saturated rings. The molecule has 0 aliphatic rings. The molecule has 0 radical (unpaired) electrons. The van der Waals surface area contributed by atoms with E-state index in [1.54, 1.807) is 48.5 Å². The third kappa shape index (κ3) is 6.54. The van der Waals surface area contributed by atoms with Crippen LogP contribution in [0.4, 0.5) is 4.79 Å². The van der Waals surface area contributed by atoms with E-state index in [1.165, 1.54) is 16.8 Å². The second kappa shape index (κ2) is 10.7. The van der Waals surface area contributed by atoms with Crippen molar-refractivity contribution in [3.63, 3.8) is 0 Å². The molecule has 0 bridgehead atoms. The Kier molecular flexibility index (Phi) is 7.54. The van der Waals surface area contributed by atoms with Crippen LogP contribution in [0.3, 0.4) is 0 Å². The minimum absolute atomic E-state index is 0.0840. The summed E-state index contributed by atoms with van der Waals surface area (Å²) in [5, 5.41) is 0. The molecule has 6 nitrogen and oxygen atoms in total. The van der Waals surface area contributed by atoms with Gasteiger partial charge in [0.25, 0.3) is 0 Å². The summed E-state index contributed by atoms with van der Waals surface area (Å²) < 4.78 is 5.27. The average Bonchev–Trinajstić information content (AvgIpc) is 2.80. The lowest BCUT2D eigenvalue weighted by atomic mass is 10.1. The summed E-state index contributed by atoms with van der Waals surface area (Å²) >= 11 is 0. The van der Waals surface area contributed by atoms with Gasteiger partial charge in [0.1, 0.15) is 12.3 Å². The number of para-hydroxylation sites is 1. The van der Waals surface area contributed by atoms with Crippen LogP contribution in [0.2, 0.25) is 0 Å². The molecule has 0 aromatic heterocycles. The number of benzene rings is 3. The molecule has 31 heavy (non-hydrogen) atoms. The van der Waals surface area contributed by atoms with Gasteiger partial charge in [0.15, 0.2) is 5.78 Å². The van der Waals surface area contributed by atoms with E-state index in [2.05, 4.69) is 0 Å². The van der Waals surface area contributed by atoms with E-state index in [1.807, 2.05) is 42.5 Å². The van der Waals surface area contributed by atoms with E-state index >= 15 is 0 Å². The summed E-state index contributed by atoms with van der Waals surface area (Å²) in [6.07, 6.45) is -0.645. The first-order chi connectivity index (χ1) is 15.0. The first-order valence-electron chi connectivity index (χ1n) is 9.91. The Hall–Kier alpha value is -3.93. The van der Waals surface area contributed by atoms with Crippen molar-refractivity contribution in [2.24, 2.45) is 0 Å². The number of ketones is 1. The van der Waals surface area contributed by atoms with Crippen LogP contribution < -0.4 is 4.74 Å². The minimum atomic E-state index is -0.645. The SMILES string of the molecule is CN(CC(=O)N(CC(=O)c1ccccc1)Cc1ccccc1)C(=O)Oc1ccccc1. The van der Waals surface area contributed by atoms with Gasteiger partial charge in [-0.1, -0.05) is 78.9 Å². The predicted octanol–water partition coefficient (Wildman–Crippen LogP) is 4.03. The molecule has 3 aromatic carbocycles. The largest absolute Gasteiger partial charge is 0.415 e. The number of hydrogen-bond donors (Lipinski definition) is 0. The maximum Gasteiger partial charge on any atom is 0.415 e. The van der Waals surface area contributed by atoms with Gasteiger partial charge < -0.3 is 14.5 Å². The zero-order valence-corrected chi connectivity index (χ0v) is 17.3. The first-order valence-corrected chi connectivity index (χ1v) is 9.91. The number of hydrogen-bond acceptors (Lipinski definition) is 4. The molecular formula is C25H24N2O4. The van der Waals surface area contributed by atoms with Crippen molar-refractivity contribution in [2.45, 2.75) is 6.54 Å². The Labute approximate surface area is 181 Å². The highest BCUT2D eigenvalue weighted by Crippen LogP contribution is 2.11. The fourth-order valence-corrected chi connectivity index (χ4v) is 2.96. The highest BCUT2D eigenvalue weighted by molar-refractivity contribution is 5.99. The average molecular weight is 416 g/mol. The van der Waals surface area contributed by atoms with Crippen molar-refractivity contribution < 1.29 is 19.1 Å². The Morgan fingerprint density at radius 1 is 0.742 bits per heavy atom. The lowest BCUT2D eigenvalue weighted by Crippen LogP contribution is -2.43. The number of Topliss-reactive ketones (excluding diaryl/α,β-unsaturated/α-hetero) is 1. The molecule has 6 heteroatoms. The summed E-state index contributed by atoms with van der Waals surface area (Å²) in [6.45, 7) is -0.0281. The molecule has 0 spiro atoms. The maximum atomic E-state index is 13.0. The van der Waals surface area contributed by atoms with E-state index in [-0.39, 0.29) is 31.3 Å². The monoisotopic (exact) mass is 416 g/mol. The molecule has 158 valence electrons. The lowest BCUT2D eigenvalue weighted by Gasteiger charge is -2.25. The standard InChI is InChI=1S/C25H24N2O4/c1-26(25(30)31-22-15-9-4-10-16-22)19-24(29)27(17-20-11-5-2-6-12-20)18-23(28)21-13-7-3-8-14-21/h2-16H,17-19H2,1H3. The third-order valence-electron chi connectivity index (χ3n) is 4.63. The van der Waals surface area contributed by atoms with Crippen LogP contribution in [0.5, 0.6) is 5.75 Å². The molecule has 0 saturated heterocycles. The van der Waals surface area contributed by atoms with Crippen molar-refractivity contribution in [1.82, 2.24) is 9.80 Å². The van der Waals surface area contributed by atoms with Crippen molar-refractivity contribution in [2.75, 3.05) is 20.1 Å². The normalized spacial score (nSPS) is 10.2. The van der Waals surface area contributed by atoms with E-state index in [4.69, 9.17) is 4.74 Å².